The van der Waals surface area contributed by atoms with Crippen molar-refractivity contribution in [3.05, 3.63) is 34.6 Å². The summed E-state index contributed by atoms with van der Waals surface area (Å²) in [5.41, 5.74) is 1.82. The Labute approximate surface area is 130 Å². The fourth-order valence-corrected chi connectivity index (χ4v) is 2.57. The number of para-hydroxylation sites is 1. The van der Waals surface area contributed by atoms with E-state index in [1.165, 1.54) is 0 Å². The van der Waals surface area contributed by atoms with Crippen LogP contribution in [0.25, 0.3) is 11.3 Å². The normalized spacial score (nSPS) is 15.5. The molecule has 0 amide bonds. The molecule has 1 aromatic heterocycles. The van der Waals surface area contributed by atoms with Crippen molar-refractivity contribution in [3.8, 4) is 22.9 Å². The minimum atomic E-state index is -1.20. The van der Waals surface area contributed by atoms with Crippen molar-refractivity contribution in [2.45, 2.75) is 25.6 Å². The molecule has 1 aromatic carbocycles. The van der Waals surface area contributed by atoms with Crippen molar-refractivity contribution in [2.24, 2.45) is 0 Å². The average molecular weight is 319 g/mol. The number of ether oxygens (including phenoxy) is 2. The lowest BCUT2D eigenvalue weighted by Gasteiger charge is -2.22. The monoisotopic (exact) mass is 318 g/mol. The minimum Gasteiger partial charge on any atom is -0.486 e. The summed E-state index contributed by atoms with van der Waals surface area (Å²) >= 11 is 6.13. The van der Waals surface area contributed by atoms with Crippen LogP contribution < -0.4 is 9.47 Å². The largest absolute Gasteiger partial charge is 0.486 e. The lowest BCUT2D eigenvalue weighted by atomic mass is 10.0. The Morgan fingerprint density at radius 1 is 1.36 bits per heavy atom. The number of nitrogens with zero attached hydrogens (tertiary/aromatic N) is 2. The van der Waals surface area contributed by atoms with E-state index >= 15 is 0 Å². The zero-order valence-corrected chi connectivity index (χ0v) is 12.1. The van der Waals surface area contributed by atoms with Gasteiger partial charge in [0.15, 0.2) is 0 Å². The van der Waals surface area contributed by atoms with Crippen molar-refractivity contribution in [1.29, 1.82) is 0 Å². The number of hydrogen-bond donors (Lipinski definition) is 1. The molecule has 2 aromatic rings. The SMILES string of the molecule is O=C(O)c1nc(OC2CC2)c2c(n1)-c1cccc(Cl)c1OC2. The molecule has 0 bridgehead atoms. The highest BCUT2D eigenvalue weighted by Gasteiger charge is 2.31. The van der Waals surface area contributed by atoms with Gasteiger partial charge in [-0.15, -0.1) is 0 Å². The Kier molecular flexibility index (Phi) is 2.94. The lowest BCUT2D eigenvalue weighted by molar-refractivity contribution is 0.0681. The molecule has 2 aliphatic rings. The number of carbonyl (C=O) groups is 1. The molecule has 1 aliphatic carbocycles. The second-order valence-corrected chi connectivity index (χ2v) is 5.61. The Bertz CT molecular complexity index is 789. The molecule has 2 heterocycles. The van der Waals surface area contributed by atoms with E-state index in [0.717, 1.165) is 12.8 Å². The van der Waals surface area contributed by atoms with E-state index in [2.05, 4.69) is 9.97 Å². The summed E-state index contributed by atoms with van der Waals surface area (Å²) in [7, 11) is 0. The second kappa shape index (κ2) is 4.84. The first kappa shape index (κ1) is 13.3. The topological polar surface area (TPSA) is 81.5 Å². The maximum Gasteiger partial charge on any atom is 0.374 e. The summed E-state index contributed by atoms with van der Waals surface area (Å²) in [5, 5.41) is 9.69. The Balaban J connectivity index is 1.92. The molecule has 1 saturated carbocycles. The number of aromatic nitrogens is 2. The maximum atomic E-state index is 11.3. The molecule has 7 heteroatoms. The van der Waals surface area contributed by atoms with E-state index in [1.54, 1.807) is 18.2 Å². The van der Waals surface area contributed by atoms with Gasteiger partial charge >= 0.3 is 5.97 Å². The number of aromatic carboxylic acids is 1. The molecule has 1 N–H and O–H groups in total. The van der Waals surface area contributed by atoms with Crippen molar-refractivity contribution in [3.63, 3.8) is 0 Å². The molecule has 112 valence electrons. The van der Waals surface area contributed by atoms with Gasteiger partial charge in [0, 0.05) is 5.56 Å². The fourth-order valence-electron chi connectivity index (χ4n) is 2.34. The Morgan fingerprint density at radius 2 is 2.18 bits per heavy atom. The van der Waals surface area contributed by atoms with E-state index in [4.69, 9.17) is 21.1 Å². The van der Waals surface area contributed by atoms with E-state index in [1.807, 2.05) is 0 Å². The summed E-state index contributed by atoms with van der Waals surface area (Å²) in [6, 6.07) is 5.27. The highest BCUT2D eigenvalue weighted by molar-refractivity contribution is 6.32. The van der Waals surface area contributed by atoms with E-state index in [0.29, 0.717) is 27.6 Å². The molecule has 6 nitrogen and oxygen atoms in total. The minimum absolute atomic E-state index is 0.0985. The van der Waals surface area contributed by atoms with Gasteiger partial charge in [0.25, 0.3) is 0 Å². The molecule has 22 heavy (non-hydrogen) atoms. The number of carboxylic acids is 1. The standard InChI is InChI=1S/C15H11ClN2O4/c16-10-3-1-2-8-11-9(6-21-12(8)10)14(22-7-4-5-7)18-13(17-11)15(19)20/h1-3,7H,4-6H2,(H,19,20). The molecular weight excluding hydrogens is 308 g/mol. The fraction of sp³-hybridized carbons (Fsp3) is 0.267. The summed E-state index contributed by atoms with van der Waals surface area (Å²) in [5.74, 6) is -0.694. The smallest absolute Gasteiger partial charge is 0.374 e. The number of benzene rings is 1. The first-order chi connectivity index (χ1) is 10.6. The van der Waals surface area contributed by atoms with Crippen molar-refractivity contribution in [1.82, 2.24) is 9.97 Å². The van der Waals surface area contributed by atoms with Crippen LogP contribution in [0.15, 0.2) is 18.2 Å². The lowest BCUT2D eigenvalue weighted by Crippen LogP contribution is -2.16. The number of carboxylic acid groups (broad SMARTS) is 1. The van der Waals surface area contributed by atoms with Crippen LogP contribution in [0.2, 0.25) is 5.02 Å². The van der Waals surface area contributed by atoms with Gasteiger partial charge < -0.3 is 14.6 Å². The van der Waals surface area contributed by atoms with E-state index in [-0.39, 0.29) is 24.4 Å². The summed E-state index contributed by atoms with van der Waals surface area (Å²) in [6.07, 6.45) is 2.00. The zero-order chi connectivity index (χ0) is 15.3. The molecule has 0 unspecified atom stereocenters. The van der Waals surface area contributed by atoms with Gasteiger partial charge in [-0.1, -0.05) is 17.7 Å². The molecule has 1 fully saturated rings. The Hall–Kier alpha value is -2.34. The summed E-state index contributed by atoms with van der Waals surface area (Å²) < 4.78 is 11.4. The third kappa shape index (κ3) is 2.16. The number of rotatable bonds is 3. The maximum absolute atomic E-state index is 11.3. The van der Waals surface area contributed by atoms with Crippen molar-refractivity contribution >= 4 is 17.6 Å². The van der Waals surface area contributed by atoms with Crippen LogP contribution in [0, 0.1) is 0 Å². The molecular formula is C15H11ClN2O4. The van der Waals surface area contributed by atoms with Crippen LogP contribution in [0.5, 0.6) is 11.6 Å². The third-order valence-electron chi connectivity index (χ3n) is 3.55. The van der Waals surface area contributed by atoms with Crippen LogP contribution in [-0.2, 0) is 6.61 Å². The van der Waals surface area contributed by atoms with Crippen molar-refractivity contribution < 1.29 is 19.4 Å². The van der Waals surface area contributed by atoms with Crippen LogP contribution >= 0.6 is 11.6 Å². The average Bonchev–Trinajstić information content (AvgIpc) is 3.31. The number of hydrogen-bond acceptors (Lipinski definition) is 5. The van der Waals surface area contributed by atoms with Gasteiger partial charge in [-0.05, 0) is 25.0 Å². The molecule has 0 spiro atoms. The Morgan fingerprint density at radius 3 is 2.91 bits per heavy atom. The molecule has 0 atom stereocenters. The van der Waals surface area contributed by atoms with E-state index < -0.39 is 5.97 Å². The molecule has 0 saturated heterocycles. The quantitative estimate of drug-likeness (QED) is 0.937. The molecule has 0 radical (unpaired) electrons. The molecule has 1 aliphatic heterocycles. The highest BCUT2D eigenvalue weighted by atomic mass is 35.5. The zero-order valence-electron chi connectivity index (χ0n) is 11.4. The second-order valence-electron chi connectivity index (χ2n) is 5.21. The predicted molar refractivity (Wildman–Crippen MR) is 77.4 cm³/mol. The number of halogens is 1. The first-order valence-corrected chi connectivity index (χ1v) is 7.24. The molecule has 4 rings (SSSR count). The summed E-state index contributed by atoms with van der Waals surface area (Å²) in [6.45, 7) is 0.202. The van der Waals surface area contributed by atoms with E-state index in [9.17, 15) is 9.90 Å². The van der Waals surface area contributed by atoms with Crippen LogP contribution in [-0.4, -0.2) is 27.1 Å². The van der Waals surface area contributed by atoms with Gasteiger partial charge in [-0.25, -0.2) is 9.78 Å². The van der Waals surface area contributed by atoms with Crippen LogP contribution in [0.3, 0.4) is 0 Å². The van der Waals surface area contributed by atoms with Crippen LogP contribution in [0.4, 0.5) is 0 Å². The number of fused-ring (bicyclic) bond motifs is 3. The van der Waals surface area contributed by atoms with Gasteiger partial charge in [0.1, 0.15) is 18.5 Å². The van der Waals surface area contributed by atoms with Gasteiger partial charge in [-0.2, -0.15) is 4.98 Å². The van der Waals surface area contributed by atoms with Gasteiger partial charge in [-0.3, -0.25) is 0 Å². The summed E-state index contributed by atoms with van der Waals surface area (Å²) in [4.78, 5) is 19.5. The van der Waals surface area contributed by atoms with Gasteiger partial charge in [0.2, 0.25) is 11.7 Å². The highest BCUT2D eigenvalue weighted by Crippen LogP contribution is 2.43. The third-order valence-corrected chi connectivity index (χ3v) is 3.84. The van der Waals surface area contributed by atoms with Gasteiger partial charge in [0.05, 0.1) is 16.3 Å². The first-order valence-electron chi connectivity index (χ1n) is 6.86. The predicted octanol–water partition coefficient (Wildman–Crippen LogP) is 2.93. The van der Waals surface area contributed by atoms with Crippen molar-refractivity contribution in [2.75, 3.05) is 0 Å². The van der Waals surface area contributed by atoms with Crippen LogP contribution in [0.1, 0.15) is 29.0 Å².